The SMILES string of the molecule is C=C[C@@]1([C@@H](/C=C\I)OCc2ccc(OC)cc2)COC(C)(C)O1. The fourth-order valence-corrected chi connectivity index (χ4v) is 2.87. The van der Waals surface area contributed by atoms with Gasteiger partial charge in [-0.1, -0.05) is 40.8 Å². The first kappa shape index (κ1) is 18.4. The molecule has 0 spiro atoms. The zero-order chi connectivity index (χ0) is 16.9. The molecule has 0 N–H and O–H groups in total. The molecule has 1 fully saturated rings. The van der Waals surface area contributed by atoms with Crippen molar-refractivity contribution in [3.8, 4) is 5.75 Å². The van der Waals surface area contributed by atoms with E-state index in [0.717, 1.165) is 11.3 Å². The van der Waals surface area contributed by atoms with E-state index < -0.39 is 11.4 Å². The zero-order valence-electron chi connectivity index (χ0n) is 13.8. The average molecular weight is 430 g/mol. The Balaban J connectivity index is 2.10. The lowest BCUT2D eigenvalue weighted by Crippen LogP contribution is -2.44. The summed E-state index contributed by atoms with van der Waals surface area (Å²) in [5.41, 5.74) is 0.382. The van der Waals surface area contributed by atoms with Gasteiger partial charge in [0.25, 0.3) is 0 Å². The molecule has 4 nitrogen and oxygen atoms in total. The summed E-state index contributed by atoms with van der Waals surface area (Å²) in [5.74, 6) is 0.184. The summed E-state index contributed by atoms with van der Waals surface area (Å²) in [6.07, 6.45) is 3.47. The molecule has 5 heteroatoms. The minimum absolute atomic E-state index is 0.277. The summed E-state index contributed by atoms with van der Waals surface area (Å²) in [4.78, 5) is 0. The highest BCUT2D eigenvalue weighted by Crippen LogP contribution is 2.36. The van der Waals surface area contributed by atoms with Crippen LogP contribution in [0.2, 0.25) is 0 Å². The van der Waals surface area contributed by atoms with Gasteiger partial charge in [0.2, 0.25) is 0 Å². The van der Waals surface area contributed by atoms with Gasteiger partial charge in [0.15, 0.2) is 5.79 Å². The van der Waals surface area contributed by atoms with E-state index in [2.05, 4.69) is 29.2 Å². The van der Waals surface area contributed by atoms with Crippen LogP contribution in [0.1, 0.15) is 19.4 Å². The lowest BCUT2D eigenvalue weighted by atomic mass is 9.97. The Kier molecular flexibility index (Phi) is 6.25. The van der Waals surface area contributed by atoms with Crippen molar-refractivity contribution >= 4 is 22.6 Å². The molecule has 1 heterocycles. The first-order chi connectivity index (χ1) is 10.9. The summed E-state index contributed by atoms with van der Waals surface area (Å²) in [7, 11) is 1.65. The van der Waals surface area contributed by atoms with Gasteiger partial charge in [0.1, 0.15) is 17.5 Å². The van der Waals surface area contributed by atoms with Crippen LogP contribution in [0.15, 0.2) is 47.1 Å². The third-order valence-electron chi connectivity index (χ3n) is 3.74. The van der Waals surface area contributed by atoms with Crippen LogP contribution in [0.4, 0.5) is 0 Å². The standard InChI is InChI=1S/C18H23IO4/c1-5-18(13-22-17(2,3)23-18)16(10-11-19)21-12-14-6-8-15(20-4)9-7-14/h5-11,16H,1,12-13H2,2-4H3/b11-10-/t16-,18+/m1/s1. The molecule has 0 bridgehead atoms. The van der Waals surface area contributed by atoms with Crippen molar-refractivity contribution in [1.29, 1.82) is 0 Å². The Hall–Kier alpha value is -0.890. The van der Waals surface area contributed by atoms with Crippen molar-refractivity contribution < 1.29 is 18.9 Å². The molecule has 1 aliphatic rings. The molecular formula is C18H23IO4. The number of methoxy groups -OCH3 is 1. The largest absolute Gasteiger partial charge is 0.497 e. The van der Waals surface area contributed by atoms with E-state index in [1.807, 2.05) is 48.3 Å². The van der Waals surface area contributed by atoms with Gasteiger partial charge in [-0.15, -0.1) is 6.58 Å². The van der Waals surface area contributed by atoms with Crippen molar-refractivity contribution in [3.63, 3.8) is 0 Å². The molecule has 0 unspecified atom stereocenters. The molecule has 2 rings (SSSR count). The van der Waals surface area contributed by atoms with E-state index in [4.69, 9.17) is 18.9 Å². The fourth-order valence-electron chi connectivity index (χ4n) is 2.49. The Morgan fingerprint density at radius 2 is 2.04 bits per heavy atom. The van der Waals surface area contributed by atoms with Crippen LogP contribution in [0.5, 0.6) is 5.75 Å². The maximum atomic E-state index is 6.10. The number of hydrogen-bond acceptors (Lipinski definition) is 4. The zero-order valence-corrected chi connectivity index (χ0v) is 15.9. The highest BCUT2D eigenvalue weighted by molar-refractivity contribution is 14.1. The van der Waals surface area contributed by atoms with Gasteiger partial charge < -0.3 is 18.9 Å². The fraction of sp³-hybridized carbons (Fsp3) is 0.444. The molecule has 1 saturated heterocycles. The number of hydrogen-bond donors (Lipinski definition) is 0. The summed E-state index contributed by atoms with van der Waals surface area (Å²) in [6.45, 7) is 8.60. The lowest BCUT2D eigenvalue weighted by molar-refractivity contribution is -0.172. The molecule has 126 valence electrons. The van der Waals surface area contributed by atoms with Gasteiger partial charge >= 0.3 is 0 Å². The molecule has 1 aromatic rings. The quantitative estimate of drug-likeness (QED) is 0.479. The molecule has 0 saturated carbocycles. The average Bonchev–Trinajstić information content (AvgIpc) is 2.88. The molecule has 0 aromatic heterocycles. The second-order valence-corrected chi connectivity index (χ2v) is 6.57. The Morgan fingerprint density at radius 1 is 1.35 bits per heavy atom. The molecular weight excluding hydrogens is 407 g/mol. The minimum atomic E-state index is -0.683. The third-order valence-corrected chi connectivity index (χ3v) is 4.16. The van der Waals surface area contributed by atoms with E-state index in [1.165, 1.54) is 0 Å². The van der Waals surface area contributed by atoms with E-state index in [1.54, 1.807) is 13.2 Å². The van der Waals surface area contributed by atoms with Crippen LogP contribution in [-0.4, -0.2) is 31.2 Å². The molecule has 2 atom stereocenters. The summed E-state index contributed by atoms with van der Waals surface area (Å²) in [5, 5.41) is 0. The van der Waals surface area contributed by atoms with Gasteiger partial charge in [0, 0.05) is 0 Å². The Labute approximate surface area is 151 Å². The molecule has 0 amide bonds. The van der Waals surface area contributed by atoms with Crippen LogP contribution >= 0.6 is 22.6 Å². The highest BCUT2D eigenvalue weighted by atomic mass is 127. The van der Waals surface area contributed by atoms with Crippen LogP contribution in [0.3, 0.4) is 0 Å². The second kappa shape index (κ2) is 7.79. The van der Waals surface area contributed by atoms with Gasteiger partial charge in [-0.2, -0.15) is 0 Å². The Bertz CT molecular complexity index is 553. The summed E-state index contributed by atoms with van der Waals surface area (Å²) < 4.78 is 25.0. The van der Waals surface area contributed by atoms with Crippen molar-refractivity contribution in [2.75, 3.05) is 13.7 Å². The van der Waals surface area contributed by atoms with Gasteiger partial charge in [-0.3, -0.25) is 0 Å². The van der Waals surface area contributed by atoms with Gasteiger partial charge in [-0.25, -0.2) is 0 Å². The van der Waals surface area contributed by atoms with Crippen molar-refractivity contribution in [1.82, 2.24) is 0 Å². The molecule has 0 radical (unpaired) electrons. The van der Waals surface area contributed by atoms with Crippen LogP contribution in [0, 0.1) is 0 Å². The minimum Gasteiger partial charge on any atom is -0.497 e. The van der Waals surface area contributed by atoms with Crippen molar-refractivity contribution in [3.05, 3.63) is 52.6 Å². The number of benzene rings is 1. The number of rotatable bonds is 7. The van der Waals surface area contributed by atoms with Crippen molar-refractivity contribution in [2.45, 2.75) is 37.9 Å². The topological polar surface area (TPSA) is 36.9 Å². The number of halogens is 1. The normalized spacial score (nSPS) is 24.7. The lowest BCUT2D eigenvalue weighted by Gasteiger charge is -2.32. The summed E-state index contributed by atoms with van der Waals surface area (Å²) in [6, 6.07) is 7.81. The van der Waals surface area contributed by atoms with E-state index in [0.29, 0.717) is 13.2 Å². The first-order valence-electron chi connectivity index (χ1n) is 7.44. The highest BCUT2D eigenvalue weighted by Gasteiger charge is 2.48. The molecule has 23 heavy (non-hydrogen) atoms. The number of ether oxygens (including phenoxy) is 4. The van der Waals surface area contributed by atoms with E-state index >= 15 is 0 Å². The van der Waals surface area contributed by atoms with Crippen LogP contribution in [-0.2, 0) is 20.8 Å². The maximum absolute atomic E-state index is 6.10. The van der Waals surface area contributed by atoms with Gasteiger partial charge in [0.05, 0.1) is 20.3 Å². The molecule has 1 aromatic carbocycles. The predicted molar refractivity (Wildman–Crippen MR) is 98.8 cm³/mol. The predicted octanol–water partition coefficient (Wildman–Crippen LogP) is 4.24. The third kappa shape index (κ3) is 4.56. The monoisotopic (exact) mass is 430 g/mol. The second-order valence-electron chi connectivity index (χ2n) is 5.85. The smallest absolute Gasteiger partial charge is 0.164 e. The molecule has 0 aliphatic carbocycles. The van der Waals surface area contributed by atoms with Gasteiger partial charge in [-0.05, 0) is 41.7 Å². The van der Waals surface area contributed by atoms with Crippen molar-refractivity contribution in [2.24, 2.45) is 0 Å². The van der Waals surface area contributed by atoms with Crippen LogP contribution < -0.4 is 4.74 Å². The maximum Gasteiger partial charge on any atom is 0.164 e. The van der Waals surface area contributed by atoms with E-state index in [-0.39, 0.29) is 6.10 Å². The first-order valence-corrected chi connectivity index (χ1v) is 8.68. The summed E-state index contributed by atoms with van der Waals surface area (Å²) >= 11 is 2.18. The van der Waals surface area contributed by atoms with Crippen LogP contribution in [0.25, 0.3) is 0 Å². The molecule has 1 aliphatic heterocycles. The van der Waals surface area contributed by atoms with E-state index in [9.17, 15) is 0 Å². The Morgan fingerprint density at radius 3 is 2.52 bits per heavy atom.